The van der Waals surface area contributed by atoms with Crippen LogP contribution in [0.5, 0.6) is 0 Å². The van der Waals surface area contributed by atoms with Crippen LogP contribution in [-0.2, 0) is 14.3 Å². The van der Waals surface area contributed by atoms with Crippen molar-refractivity contribution in [1.29, 1.82) is 0 Å². The van der Waals surface area contributed by atoms with E-state index in [-0.39, 0.29) is 30.5 Å². The molecule has 0 aliphatic carbocycles. The van der Waals surface area contributed by atoms with Gasteiger partial charge in [0.1, 0.15) is 6.10 Å². The predicted molar refractivity (Wildman–Crippen MR) is 69.6 cm³/mol. The van der Waals surface area contributed by atoms with Gasteiger partial charge in [0.2, 0.25) is 11.8 Å². The lowest BCUT2D eigenvalue weighted by atomic mass is 10.1. The minimum Gasteiger partial charge on any atom is -0.477 e. The first-order valence-corrected chi connectivity index (χ1v) is 6.60. The summed E-state index contributed by atoms with van der Waals surface area (Å²) in [4.78, 5) is 29.1. The first-order chi connectivity index (χ1) is 9.20. The van der Waals surface area contributed by atoms with E-state index in [9.17, 15) is 9.59 Å². The zero-order chi connectivity index (χ0) is 13.7. The summed E-state index contributed by atoms with van der Waals surface area (Å²) in [5.41, 5.74) is 5.36. The molecule has 0 saturated carbocycles. The predicted octanol–water partition coefficient (Wildman–Crippen LogP) is -1.13. The molecule has 19 heavy (non-hydrogen) atoms. The van der Waals surface area contributed by atoms with Crippen molar-refractivity contribution < 1.29 is 14.3 Å². The van der Waals surface area contributed by atoms with E-state index >= 15 is 0 Å². The van der Waals surface area contributed by atoms with Crippen LogP contribution in [0.3, 0.4) is 0 Å². The minimum absolute atomic E-state index is 0.00533. The van der Waals surface area contributed by atoms with E-state index in [1.165, 1.54) is 6.40 Å². The molecule has 2 aliphatic heterocycles. The summed E-state index contributed by atoms with van der Waals surface area (Å²) in [5.74, 6) is -0.139. The lowest BCUT2D eigenvalue weighted by Gasteiger charge is -2.24. The fourth-order valence-electron chi connectivity index (χ4n) is 2.45. The summed E-state index contributed by atoms with van der Waals surface area (Å²) in [5, 5.41) is 2.82. The topological polar surface area (TPSA) is 97.0 Å². The number of likely N-dealkylation sites (tertiary alicyclic amines) is 1. The summed E-state index contributed by atoms with van der Waals surface area (Å²) in [6, 6.07) is -0.0169. The van der Waals surface area contributed by atoms with E-state index in [1.54, 1.807) is 4.90 Å². The maximum Gasteiger partial charge on any atom is 0.236 e. The van der Waals surface area contributed by atoms with Crippen molar-refractivity contribution in [3.05, 3.63) is 0 Å². The van der Waals surface area contributed by atoms with Gasteiger partial charge in [-0.15, -0.1) is 0 Å². The van der Waals surface area contributed by atoms with Gasteiger partial charge in [-0.3, -0.25) is 14.6 Å². The third-order valence-electron chi connectivity index (χ3n) is 3.46. The lowest BCUT2D eigenvalue weighted by Crippen LogP contribution is -2.43. The molecule has 0 bridgehead atoms. The van der Waals surface area contributed by atoms with Gasteiger partial charge < -0.3 is 20.7 Å². The van der Waals surface area contributed by atoms with Crippen LogP contribution in [0.15, 0.2) is 4.99 Å². The largest absolute Gasteiger partial charge is 0.477 e. The molecule has 0 aromatic carbocycles. The molecule has 3 N–H and O–H groups in total. The SMILES string of the molecule is NCC(=O)N1CCC[C@H]1CC(=O)NCC1CN=CO1. The van der Waals surface area contributed by atoms with Gasteiger partial charge in [-0.25, -0.2) is 0 Å². The molecule has 0 radical (unpaired) electrons. The smallest absolute Gasteiger partial charge is 0.236 e. The highest BCUT2D eigenvalue weighted by molar-refractivity contribution is 5.81. The number of nitrogens with zero attached hydrogens (tertiary/aromatic N) is 2. The number of hydrogen-bond acceptors (Lipinski definition) is 5. The molecule has 2 aliphatic rings. The Hall–Kier alpha value is -1.63. The van der Waals surface area contributed by atoms with E-state index in [0.717, 1.165) is 12.8 Å². The van der Waals surface area contributed by atoms with E-state index < -0.39 is 0 Å². The molecule has 2 atom stereocenters. The second kappa shape index (κ2) is 6.51. The Labute approximate surface area is 112 Å². The number of ether oxygens (including phenoxy) is 1. The lowest BCUT2D eigenvalue weighted by molar-refractivity contribution is -0.131. The summed E-state index contributed by atoms with van der Waals surface area (Å²) in [7, 11) is 0. The van der Waals surface area contributed by atoms with Crippen molar-refractivity contribution in [1.82, 2.24) is 10.2 Å². The van der Waals surface area contributed by atoms with Crippen molar-refractivity contribution >= 4 is 18.2 Å². The molecular weight excluding hydrogens is 248 g/mol. The van der Waals surface area contributed by atoms with Crippen molar-refractivity contribution in [2.45, 2.75) is 31.4 Å². The molecule has 7 nitrogen and oxygen atoms in total. The fourth-order valence-corrected chi connectivity index (χ4v) is 2.45. The number of amides is 2. The molecule has 2 amide bonds. The third-order valence-corrected chi connectivity index (χ3v) is 3.46. The van der Waals surface area contributed by atoms with Crippen molar-refractivity contribution in [2.24, 2.45) is 10.7 Å². The van der Waals surface area contributed by atoms with Gasteiger partial charge in [0, 0.05) is 19.0 Å². The first kappa shape index (κ1) is 13.8. The van der Waals surface area contributed by atoms with Crippen molar-refractivity contribution in [3.8, 4) is 0 Å². The average Bonchev–Trinajstić information content (AvgIpc) is 3.06. The molecule has 0 spiro atoms. The Morgan fingerprint density at radius 3 is 3.05 bits per heavy atom. The molecule has 0 aromatic rings. The van der Waals surface area contributed by atoms with Gasteiger partial charge >= 0.3 is 0 Å². The first-order valence-electron chi connectivity index (χ1n) is 6.60. The summed E-state index contributed by atoms with van der Waals surface area (Å²) in [6.07, 6.45) is 3.48. The highest BCUT2D eigenvalue weighted by Gasteiger charge is 2.29. The van der Waals surface area contributed by atoms with Gasteiger partial charge in [-0.05, 0) is 12.8 Å². The molecule has 106 valence electrons. The van der Waals surface area contributed by atoms with E-state index in [2.05, 4.69) is 10.3 Å². The number of nitrogens with two attached hydrogens (primary N) is 1. The zero-order valence-corrected chi connectivity index (χ0v) is 10.9. The monoisotopic (exact) mass is 268 g/mol. The van der Waals surface area contributed by atoms with Crippen LogP contribution >= 0.6 is 0 Å². The molecule has 2 heterocycles. The van der Waals surface area contributed by atoms with Crippen LogP contribution in [0.1, 0.15) is 19.3 Å². The van der Waals surface area contributed by atoms with E-state index in [1.807, 2.05) is 0 Å². The van der Waals surface area contributed by atoms with Gasteiger partial charge in [-0.1, -0.05) is 0 Å². The van der Waals surface area contributed by atoms with E-state index in [0.29, 0.717) is 26.1 Å². The quantitative estimate of drug-likeness (QED) is 0.659. The van der Waals surface area contributed by atoms with Crippen LogP contribution in [0.25, 0.3) is 0 Å². The van der Waals surface area contributed by atoms with Crippen molar-refractivity contribution in [2.75, 3.05) is 26.2 Å². The van der Waals surface area contributed by atoms with Crippen LogP contribution in [0.2, 0.25) is 0 Å². The third kappa shape index (κ3) is 3.66. The van der Waals surface area contributed by atoms with Crippen LogP contribution in [-0.4, -0.2) is 61.4 Å². The van der Waals surface area contributed by atoms with Gasteiger partial charge in [-0.2, -0.15) is 0 Å². The second-order valence-corrected chi connectivity index (χ2v) is 4.82. The Kier molecular flexibility index (Phi) is 4.73. The highest BCUT2D eigenvalue weighted by atomic mass is 16.5. The molecule has 2 rings (SSSR count). The molecular formula is C12H20N4O3. The van der Waals surface area contributed by atoms with E-state index in [4.69, 9.17) is 10.5 Å². The second-order valence-electron chi connectivity index (χ2n) is 4.82. The van der Waals surface area contributed by atoms with Crippen LogP contribution in [0, 0.1) is 0 Å². The van der Waals surface area contributed by atoms with Crippen LogP contribution in [0.4, 0.5) is 0 Å². The standard InChI is InChI=1S/C12H20N4O3/c13-5-12(18)16-3-1-2-9(16)4-11(17)15-7-10-6-14-8-19-10/h8-10H,1-7,13H2,(H,15,17)/t9-,10?/m0/s1. The fraction of sp³-hybridized carbons (Fsp3) is 0.750. The minimum atomic E-state index is -0.0807. The Morgan fingerprint density at radius 2 is 2.37 bits per heavy atom. The summed E-state index contributed by atoms with van der Waals surface area (Å²) >= 11 is 0. The maximum atomic E-state index is 11.8. The zero-order valence-electron chi connectivity index (χ0n) is 10.9. The molecule has 7 heteroatoms. The molecule has 1 saturated heterocycles. The number of carbonyl (C=O) groups is 2. The average molecular weight is 268 g/mol. The van der Waals surface area contributed by atoms with Crippen molar-refractivity contribution in [3.63, 3.8) is 0 Å². The summed E-state index contributed by atoms with van der Waals surface area (Å²) < 4.78 is 5.16. The highest BCUT2D eigenvalue weighted by Crippen LogP contribution is 2.19. The Bertz CT molecular complexity index is 364. The number of aliphatic imine (C=N–C) groups is 1. The maximum absolute atomic E-state index is 11.8. The summed E-state index contributed by atoms with van der Waals surface area (Å²) in [6.45, 7) is 1.75. The Morgan fingerprint density at radius 1 is 1.53 bits per heavy atom. The number of hydrogen-bond donors (Lipinski definition) is 2. The Balaban J connectivity index is 1.73. The normalized spacial score (nSPS) is 25.4. The number of carbonyl (C=O) groups excluding carboxylic acids is 2. The number of nitrogens with one attached hydrogen (secondary N) is 1. The van der Waals surface area contributed by atoms with Gasteiger partial charge in [0.25, 0.3) is 0 Å². The van der Waals surface area contributed by atoms with Gasteiger partial charge in [0.15, 0.2) is 6.40 Å². The molecule has 1 fully saturated rings. The van der Waals surface area contributed by atoms with Crippen LogP contribution < -0.4 is 11.1 Å². The molecule has 1 unspecified atom stereocenters. The number of rotatable bonds is 5. The molecule has 0 aromatic heterocycles. The van der Waals surface area contributed by atoms with Gasteiger partial charge in [0.05, 0.1) is 19.6 Å².